The lowest BCUT2D eigenvalue weighted by Gasteiger charge is -2.10. The minimum absolute atomic E-state index is 0.301. The van der Waals surface area contributed by atoms with E-state index in [4.69, 9.17) is 13.9 Å². The van der Waals surface area contributed by atoms with E-state index in [0.29, 0.717) is 12.4 Å². The molecule has 4 heteroatoms. The van der Waals surface area contributed by atoms with Crippen LogP contribution in [0.1, 0.15) is 31.4 Å². The molecular weight excluding hydrogens is 244 g/mol. The second kappa shape index (κ2) is 5.78. The zero-order valence-electron chi connectivity index (χ0n) is 11.5. The largest absolute Gasteiger partial charge is 0.513 e. The van der Waals surface area contributed by atoms with E-state index in [9.17, 15) is 4.79 Å². The quantitative estimate of drug-likeness (QED) is 0.611. The van der Waals surface area contributed by atoms with E-state index in [1.165, 1.54) is 0 Å². The van der Waals surface area contributed by atoms with Crippen LogP contribution in [-0.4, -0.2) is 12.8 Å². The predicted octanol–water partition coefficient (Wildman–Crippen LogP) is 4.23. The van der Waals surface area contributed by atoms with Crippen molar-refractivity contribution in [1.82, 2.24) is 0 Å². The Hall–Kier alpha value is -1.97. The van der Waals surface area contributed by atoms with Crippen molar-refractivity contribution >= 4 is 17.1 Å². The van der Waals surface area contributed by atoms with Gasteiger partial charge in [-0.25, -0.2) is 4.79 Å². The fourth-order valence-electron chi connectivity index (χ4n) is 2.18. The lowest BCUT2D eigenvalue weighted by atomic mass is 10.0. The van der Waals surface area contributed by atoms with Crippen molar-refractivity contribution in [1.29, 1.82) is 0 Å². The molecule has 1 aromatic carbocycles. The van der Waals surface area contributed by atoms with Gasteiger partial charge in [0.05, 0.1) is 12.9 Å². The maximum atomic E-state index is 11.5. The first-order valence-corrected chi connectivity index (χ1v) is 6.51. The van der Waals surface area contributed by atoms with Gasteiger partial charge >= 0.3 is 6.16 Å². The zero-order chi connectivity index (χ0) is 13.8. The molecule has 1 aromatic heterocycles. The molecule has 0 spiro atoms. The second-order valence-corrected chi connectivity index (χ2v) is 4.37. The normalized spacial score (nSPS) is 10.7. The Morgan fingerprint density at radius 3 is 2.79 bits per heavy atom. The van der Waals surface area contributed by atoms with E-state index >= 15 is 0 Å². The minimum atomic E-state index is -0.666. The van der Waals surface area contributed by atoms with Crippen LogP contribution in [0.3, 0.4) is 0 Å². The third-order valence-corrected chi connectivity index (χ3v) is 2.94. The monoisotopic (exact) mass is 262 g/mol. The number of fused-ring (bicyclic) bond motifs is 1. The molecule has 0 fully saturated rings. The Bertz CT molecular complexity index is 583. The average molecular weight is 262 g/mol. The van der Waals surface area contributed by atoms with E-state index < -0.39 is 6.16 Å². The van der Waals surface area contributed by atoms with E-state index in [0.717, 1.165) is 34.9 Å². The third-order valence-electron chi connectivity index (χ3n) is 2.94. The summed E-state index contributed by atoms with van der Waals surface area (Å²) in [6, 6.07) is 3.57. The summed E-state index contributed by atoms with van der Waals surface area (Å²) in [5.74, 6) is 0.553. The first-order chi connectivity index (χ1) is 9.17. The SMILES string of the molecule is CCCc1c(OC(=O)OCC)ccc2occ(C)c12. The number of aryl methyl sites for hydroxylation is 2. The van der Waals surface area contributed by atoms with E-state index in [1.54, 1.807) is 19.3 Å². The Kier molecular flexibility index (Phi) is 4.10. The second-order valence-electron chi connectivity index (χ2n) is 4.37. The van der Waals surface area contributed by atoms with Crippen molar-refractivity contribution in [3.8, 4) is 5.75 Å². The Morgan fingerprint density at radius 1 is 1.32 bits per heavy atom. The molecular formula is C15H18O4. The van der Waals surface area contributed by atoms with Crippen LogP contribution in [-0.2, 0) is 11.2 Å². The summed E-state index contributed by atoms with van der Waals surface area (Å²) in [6.45, 7) is 6.12. The standard InChI is InChI=1S/C15H18O4/c1-4-6-11-12(19-15(16)17-5-2)7-8-13-14(11)10(3)9-18-13/h7-9H,4-6H2,1-3H3. The van der Waals surface area contributed by atoms with Crippen LogP contribution in [0.4, 0.5) is 4.79 Å². The summed E-state index contributed by atoms with van der Waals surface area (Å²) in [7, 11) is 0. The number of hydrogen-bond donors (Lipinski definition) is 0. The van der Waals surface area contributed by atoms with Gasteiger partial charge in [-0.2, -0.15) is 0 Å². The van der Waals surface area contributed by atoms with Crippen LogP contribution < -0.4 is 4.74 Å². The van der Waals surface area contributed by atoms with Gasteiger partial charge in [0.25, 0.3) is 0 Å². The topological polar surface area (TPSA) is 48.7 Å². The number of hydrogen-bond acceptors (Lipinski definition) is 4. The molecule has 19 heavy (non-hydrogen) atoms. The molecule has 0 aliphatic carbocycles. The van der Waals surface area contributed by atoms with Crippen molar-refractivity contribution in [3.63, 3.8) is 0 Å². The number of benzene rings is 1. The number of furan rings is 1. The van der Waals surface area contributed by atoms with Gasteiger partial charge in [0.2, 0.25) is 0 Å². The molecule has 0 saturated heterocycles. The van der Waals surface area contributed by atoms with Gasteiger partial charge in [-0.1, -0.05) is 13.3 Å². The van der Waals surface area contributed by atoms with Crippen LogP contribution in [0.25, 0.3) is 11.0 Å². The number of carbonyl (C=O) groups is 1. The fraction of sp³-hybridized carbons (Fsp3) is 0.400. The van der Waals surface area contributed by atoms with Crippen molar-refractivity contribution in [3.05, 3.63) is 29.5 Å². The first-order valence-electron chi connectivity index (χ1n) is 6.51. The molecule has 0 bridgehead atoms. The van der Waals surface area contributed by atoms with Crippen molar-refractivity contribution in [2.45, 2.75) is 33.6 Å². The van der Waals surface area contributed by atoms with Crippen molar-refractivity contribution in [2.24, 2.45) is 0 Å². The lowest BCUT2D eigenvalue weighted by molar-refractivity contribution is 0.104. The van der Waals surface area contributed by atoms with Gasteiger partial charge in [0, 0.05) is 10.9 Å². The molecule has 0 amide bonds. The van der Waals surface area contributed by atoms with Gasteiger partial charge in [-0.3, -0.25) is 0 Å². The van der Waals surface area contributed by atoms with E-state index in [1.807, 2.05) is 13.0 Å². The number of ether oxygens (including phenoxy) is 2. The predicted molar refractivity (Wildman–Crippen MR) is 72.6 cm³/mol. The highest BCUT2D eigenvalue weighted by molar-refractivity contribution is 5.87. The highest BCUT2D eigenvalue weighted by atomic mass is 16.7. The smallest absolute Gasteiger partial charge is 0.464 e. The zero-order valence-corrected chi connectivity index (χ0v) is 11.5. The molecule has 0 saturated carbocycles. The third kappa shape index (κ3) is 2.72. The summed E-state index contributed by atoms with van der Waals surface area (Å²) in [5.41, 5.74) is 2.87. The maximum absolute atomic E-state index is 11.5. The number of rotatable bonds is 4. The fourth-order valence-corrected chi connectivity index (χ4v) is 2.18. The summed E-state index contributed by atoms with van der Waals surface area (Å²) >= 11 is 0. The molecule has 2 aromatic rings. The van der Waals surface area contributed by atoms with Crippen LogP contribution in [0.15, 0.2) is 22.8 Å². The van der Waals surface area contributed by atoms with E-state index in [2.05, 4.69) is 6.92 Å². The van der Waals surface area contributed by atoms with Crippen molar-refractivity contribution < 1.29 is 18.7 Å². The van der Waals surface area contributed by atoms with Gasteiger partial charge in [-0.15, -0.1) is 0 Å². The van der Waals surface area contributed by atoms with Crippen LogP contribution in [0.2, 0.25) is 0 Å². The minimum Gasteiger partial charge on any atom is -0.464 e. The Balaban J connectivity index is 2.44. The molecule has 0 unspecified atom stereocenters. The average Bonchev–Trinajstić information content (AvgIpc) is 2.75. The lowest BCUT2D eigenvalue weighted by Crippen LogP contribution is -2.11. The maximum Gasteiger partial charge on any atom is 0.513 e. The molecule has 2 rings (SSSR count). The van der Waals surface area contributed by atoms with Crippen LogP contribution in [0, 0.1) is 6.92 Å². The molecule has 0 N–H and O–H groups in total. The molecule has 4 nitrogen and oxygen atoms in total. The molecule has 0 radical (unpaired) electrons. The van der Waals surface area contributed by atoms with Crippen molar-refractivity contribution in [2.75, 3.05) is 6.61 Å². The Labute approximate surface area is 112 Å². The molecule has 0 aliphatic rings. The highest BCUT2D eigenvalue weighted by Gasteiger charge is 2.15. The van der Waals surface area contributed by atoms with E-state index in [-0.39, 0.29) is 0 Å². The number of carbonyl (C=O) groups excluding carboxylic acids is 1. The molecule has 102 valence electrons. The highest BCUT2D eigenvalue weighted by Crippen LogP contribution is 2.32. The van der Waals surface area contributed by atoms with Crippen LogP contribution >= 0.6 is 0 Å². The summed E-state index contributed by atoms with van der Waals surface area (Å²) in [6.07, 6.45) is 2.84. The van der Waals surface area contributed by atoms with Gasteiger partial charge in [-0.05, 0) is 38.0 Å². The van der Waals surface area contributed by atoms with Gasteiger partial charge in [0.1, 0.15) is 11.3 Å². The van der Waals surface area contributed by atoms with Crippen LogP contribution in [0.5, 0.6) is 5.75 Å². The molecule has 0 aliphatic heterocycles. The summed E-state index contributed by atoms with van der Waals surface area (Å²) < 4.78 is 15.6. The van der Waals surface area contributed by atoms with Gasteiger partial charge < -0.3 is 13.9 Å². The molecule has 1 heterocycles. The van der Waals surface area contributed by atoms with Gasteiger partial charge in [0.15, 0.2) is 0 Å². The molecule has 0 atom stereocenters. The Morgan fingerprint density at radius 2 is 2.11 bits per heavy atom. The summed E-state index contributed by atoms with van der Waals surface area (Å²) in [5, 5.41) is 1.03. The first kappa shape index (κ1) is 13.5. The summed E-state index contributed by atoms with van der Waals surface area (Å²) in [4.78, 5) is 11.5.